The first-order chi connectivity index (χ1) is 26.6. The SMILES string of the molecule is CCCCc1ccc2c(c1)c1cc(CCCC)ccc1n2-c1cccc(-c2cccc(-n3c4ccc(CCCC)cc4c4cc(CCCC)ccc43)c2)c1. The Morgan fingerprint density at radius 1 is 0.333 bits per heavy atom. The van der Waals surface area contributed by atoms with Crippen molar-refractivity contribution in [3.8, 4) is 22.5 Å². The van der Waals surface area contributed by atoms with E-state index in [1.165, 1.54) is 140 Å². The van der Waals surface area contributed by atoms with Gasteiger partial charge in [-0.2, -0.15) is 0 Å². The van der Waals surface area contributed by atoms with Crippen LogP contribution in [0, 0.1) is 0 Å². The van der Waals surface area contributed by atoms with E-state index in [-0.39, 0.29) is 0 Å². The summed E-state index contributed by atoms with van der Waals surface area (Å²) in [5, 5.41) is 5.47. The Balaban J connectivity index is 1.24. The van der Waals surface area contributed by atoms with E-state index in [1.54, 1.807) is 0 Å². The lowest BCUT2D eigenvalue weighted by Crippen LogP contribution is -1.96. The van der Waals surface area contributed by atoms with Crippen LogP contribution >= 0.6 is 0 Å². The average molecular weight is 709 g/mol. The third-order valence-corrected chi connectivity index (χ3v) is 11.6. The Morgan fingerprint density at radius 3 is 0.907 bits per heavy atom. The van der Waals surface area contributed by atoms with Gasteiger partial charge in [0.1, 0.15) is 0 Å². The average Bonchev–Trinajstić information content (AvgIpc) is 3.72. The maximum absolute atomic E-state index is 2.49. The van der Waals surface area contributed by atoms with E-state index < -0.39 is 0 Å². The predicted molar refractivity (Wildman–Crippen MR) is 235 cm³/mol. The van der Waals surface area contributed by atoms with Crippen LogP contribution in [0.1, 0.15) is 101 Å². The van der Waals surface area contributed by atoms with Gasteiger partial charge in [0.15, 0.2) is 0 Å². The Labute approximate surface area is 322 Å². The van der Waals surface area contributed by atoms with E-state index in [0.717, 1.165) is 25.7 Å². The van der Waals surface area contributed by atoms with Crippen LogP contribution in [0.3, 0.4) is 0 Å². The van der Waals surface area contributed by atoms with Crippen molar-refractivity contribution in [3.63, 3.8) is 0 Å². The molecule has 0 spiro atoms. The van der Waals surface area contributed by atoms with Crippen LogP contribution in [-0.2, 0) is 25.7 Å². The lowest BCUT2D eigenvalue weighted by molar-refractivity contribution is 0.795. The van der Waals surface area contributed by atoms with E-state index in [2.05, 4.69) is 158 Å². The molecule has 0 aliphatic rings. The van der Waals surface area contributed by atoms with E-state index in [4.69, 9.17) is 0 Å². The molecule has 2 nitrogen and oxygen atoms in total. The molecule has 2 heteroatoms. The Hall–Kier alpha value is -5.08. The van der Waals surface area contributed by atoms with Crippen molar-refractivity contribution >= 4 is 43.6 Å². The summed E-state index contributed by atoms with van der Waals surface area (Å²) in [7, 11) is 0. The van der Waals surface area contributed by atoms with Gasteiger partial charge in [-0.3, -0.25) is 0 Å². The minimum absolute atomic E-state index is 1.13. The third kappa shape index (κ3) is 7.00. The number of rotatable bonds is 15. The second-order valence-electron chi connectivity index (χ2n) is 15.6. The van der Waals surface area contributed by atoms with Crippen LogP contribution in [0.4, 0.5) is 0 Å². The summed E-state index contributed by atoms with van der Waals surface area (Å²) in [4.78, 5) is 0. The minimum atomic E-state index is 1.13. The zero-order valence-corrected chi connectivity index (χ0v) is 32.9. The number of benzene rings is 6. The van der Waals surface area contributed by atoms with Crippen LogP contribution in [0.5, 0.6) is 0 Å². The molecule has 0 saturated carbocycles. The molecule has 2 heterocycles. The topological polar surface area (TPSA) is 9.86 Å². The molecule has 274 valence electrons. The first-order valence-electron chi connectivity index (χ1n) is 20.9. The van der Waals surface area contributed by atoms with Gasteiger partial charge < -0.3 is 9.13 Å². The van der Waals surface area contributed by atoms with Gasteiger partial charge in [0.25, 0.3) is 0 Å². The van der Waals surface area contributed by atoms with Crippen LogP contribution in [0.2, 0.25) is 0 Å². The summed E-state index contributed by atoms with van der Waals surface area (Å²) >= 11 is 0. The fourth-order valence-corrected chi connectivity index (χ4v) is 8.59. The Kier molecular flexibility index (Phi) is 10.7. The van der Waals surface area contributed by atoms with Crippen molar-refractivity contribution in [2.24, 2.45) is 0 Å². The molecule has 0 N–H and O–H groups in total. The molecular weight excluding hydrogens is 653 g/mol. The van der Waals surface area contributed by atoms with Crippen molar-refractivity contribution in [3.05, 3.63) is 144 Å². The quantitative estimate of drug-likeness (QED) is 0.100. The van der Waals surface area contributed by atoms with E-state index in [1.807, 2.05) is 0 Å². The molecule has 0 saturated heterocycles. The summed E-state index contributed by atoms with van der Waals surface area (Å²) in [5.74, 6) is 0. The molecule has 0 aliphatic heterocycles. The lowest BCUT2D eigenvalue weighted by Gasteiger charge is -2.13. The molecule has 54 heavy (non-hydrogen) atoms. The molecule has 0 bridgehead atoms. The third-order valence-electron chi connectivity index (χ3n) is 11.6. The number of aromatic nitrogens is 2. The van der Waals surface area contributed by atoms with E-state index in [9.17, 15) is 0 Å². The summed E-state index contributed by atoms with van der Waals surface area (Å²) in [5.41, 5.74) is 15.8. The molecule has 8 rings (SSSR count). The molecule has 0 atom stereocenters. The summed E-state index contributed by atoms with van der Waals surface area (Å²) in [6.07, 6.45) is 14.3. The number of hydrogen-bond acceptors (Lipinski definition) is 0. The van der Waals surface area contributed by atoms with Crippen molar-refractivity contribution in [2.75, 3.05) is 0 Å². The van der Waals surface area contributed by atoms with Crippen molar-refractivity contribution in [1.29, 1.82) is 0 Å². The first-order valence-corrected chi connectivity index (χ1v) is 20.9. The van der Waals surface area contributed by atoms with Crippen LogP contribution in [-0.4, -0.2) is 9.13 Å². The standard InChI is InChI=1S/C52H56N2/c1-5-9-15-37-23-27-49-45(31-37)46-32-38(16-10-6-2)24-28-50(46)53(49)43-21-13-19-41(35-43)42-20-14-22-44(36-42)54-51-29-25-39(17-11-7-3)33-47(51)48-34-40(18-12-8-4)26-30-52(48)54/h13-14,19-36H,5-12,15-18H2,1-4H3. The maximum atomic E-state index is 2.49. The zero-order chi connectivity index (χ0) is 37.0. The second-order valence-corrected chi connectivity index (χ2v) is 15.6. The van der Waals surface area contributed by atoms with Gasteiger partial charge in [-0.1, -0.05) is 102 Å². The molecule has 0 unspecified atom stereocenters. The zero-order valence-electron chi connectivity index (χ0n) is 32.9. The molecular formula is C52H56N2. The Morgan fingerprint density at radius 2 is 0.630 bits per heavy atom. The van der Waals surface area contributed by atoms with Crippen molar-refractivity contribution in [2.45, 2.75) is 105 Å². The van der Waals surface area contributed by atoms with Crippen LogP contribution < -0.4 is 0 Å². The number of nitrogens with zero attached hydrogens (tertiary/aromatic N) is 2. The van der Waals surface area contributed by atoms with Crippen molar-refractivity contribution in [1.82, 2.24) is 9.13 Å². The first kappa shape index (κ1) is 35.9. The van der Waals surface area contributed by atoms with Gasteiger partial charge in [0.2, 0.25) is 0 Å². The number of fused-ring (bicyclic) bond motifs is 6. The summed E-state index contributed by atoms with van der Waals surface area (Å²) < 4.78 is 4.98. The highest BCUT2D eigenvalue weighted by atomic mass is 15.0. The second kappa shape index (κ2) is 16.1. The van der Waals surface area contributed by atoms with Crippen LogP contribution in [0.25, 0.3) is 66.1 Å². The number of unbranched alkanes of at least 4 members (excludes halogenated alkanes) is 4. The molecule has 0 aliphatic carbocycles. The Bertz CT molecular complexity index is 2250. The van der Waals surface area contributed by atoms with Gasteiger partial charge in [0, 0.05) is 32.9 Å². The molecule has 8 aromatic rings. The van der Waals surface area contributed by atoms with Gasteiger partial charge in [0.05, 0.1) is 22.1 Å². The normalized spacial score (nSPS) is 11.9. The molecule has 2 aromatic heterocycles. The van der Waals surface area contributed by atoms with E-state index >= 15 is 0 Å². The fourth-order valence-electron chi connectivity index (χ4n) is 8.59. The van der Waals surface area contributed by atoms with Gasteiger partial charge in [-0.25, -0.2) is 0 Å². The lowest BCUT2D eigenvalue weighted by atomic mass is 10.0. The van der Waals surface area contributed by atoms with Gasteiger partial charge in [-0.15, -0.1) is 0 Å². The maximum Gasteiger partial charge on any atom is 0.0541 e. The number of hydrogen-bond donors (Lipinski definition) is 0. The highest BCUT2D eigenvalue weighted by Crippen LogP contribution is 2.37. The minimum Gasteiger partial charge on any atom is -0.309 e. The fraction of sp³-hybridized carbons (Fsp3) is 0.308. The highest BCUT2D eigenvalue weighted by Gasteiger charge is 2.17. The molecule has 0 fully saturated rings. The van der Waals surface area contributed by atoms with Gasteiger partial charge in [-0.05, 0) is 158 Å². The number of aryl methyl sites for hydroxylation is 4. The summed E-state index contributed by atoms with van der Waals surface area (Å²) in [6.45, 7) is 9.13. The molecule has 0 amide bonds. The molecule has 0 radical (unpaired) electrons. The van der Waals surface area contributed by atoms with Crippen LogP contribution in [0.15, 0.2) is 121 Å². The van der Waals surface area contributed by atoms with Crippen molar-refractivity contribution < 1.29 is 0 Å². The monoisotopic (exact) mass is 708 g/mol. The highest BCUT2D eigenvalue weighted by molar-refractivity contribution is 6.11. The van der Waals surface area contributed by atoms with Gasteiger partial charge >= 0.3 is 0 Å². The smallest absolute Gasteiger partial charge is 0.0541 e. The summed E-state index contributed by atoms with van der Waals surface area (Å²) in [6, 6.07) is 47.1. The van der Waals surface area contributed by atoms with E-state index in [0.29, 0.717) is 0 Å². The largest absolute Gasteiger partial charge is 0.309 e. The molecule has 6 aromatic carbocycles. The predicted octanol–water partition coefficient (Wildman–Crippen LogP) is 14.9.